The molecule has 0 unspecified atom stereocenters. The Morgan fingerprint density at radius 3 is 1.38 bits per heavy atom. The highest BCUT2D eigenvalue weighted by Crippen LogP contribution is 2.49. The second-order valence-corrected chi connectivity index (χ2v) is 6.67. The lowest BCUT2D eigenvalue weighted by Gasteiger charge is -2.23. The van der Waals surface area contributed by atoms with Gasteiger partial charge in [-0.05, 0) is 11.8 Å². The second-order valence-electron chi connectivity index (χ2n) is 2.71. The van der Waals surface area contributed by atoms with Crippen LogP contribution in [0.4, 0.5) is 0 Å². The van der Waals surface area contributed by atoms with Crippen LogP contribution in [0.25, 0.3) is 0 Å². The second kappa shape index (κ2) is 2.07. The van der Waals surface area contributed by atoms with Crippen LogP contribution < -0.4 is 0 Å². The molecule has 0 radical (unpaired) electrons. The van der Waals surface area contributed by atoms with Crippen molar-refractivity contribution in [3.8, 4) is 0 Å². The van der Waals surface area contributed by atoms with Crippen molar-refractivity contribution in [2.45, 2.75) is 25.9 Å². The predicted octanol–water partition coefficient (Wildman–Crippen LogP) is 1.08. The molecule has 8 heavy (non-hydrogen) atoms. The van der Waals surface area contributed by atoms with Gasteiger partial charge in [-0.15, -0.1) is 0 Å². The summed E-state index contributed by atoms with van der Waals surface area (Å²) in [5, 5.41) is -0.525. The van der Waals surface area contributed by atoms with Gasteiger partial charge in [-0.1, -0.05) is 20.8 Å². The van der Waals surface area contributed by atoms with Crippen LogP contribution in [0.1, 0.15) is 20.8 Å². The van der Waals surface area contributed by atoms with Crippen molar-refractivity contribution in [3.63, 3.8) is 0 Å². The van der Waals surface area contributed by atoms with E-state index in [2.05, 4.69) is 11.8 Å². The van der Waals surface area contributed by atoms with Gasteiger partial charge in [0.1, 0.15) is 0 Å². The van der Waals surface area contributed by atoms with Crippen LogP contribution in [0.3, 0.4) is 0 Å². The van der Waals surface area contributed by atoms with Crippen LogP contribution in [0.15, 0.2) is 0 Å². The largest absolute Gasteiger partial charge is 0.345 e. The Kier molecular flexibility index (Phi) is 2.22. The summed E-state index contributed by atoms with van der Waals surface area (Å²) in [4.78, 5) is 17.7. The molecule has 0 aliphatic heterocycles. The first-order valence-corrected chi connectivity index (χ1v) is 5.01. The minimum Gasteiger partial charge on any atom is -0.345 e. The molecule has 0 saturated carbocycles. The van der Waals surface area contributed by atoms with E-state index in [1.165, 1.54) is 0 Å². The molecule has 2 N–H and O–H groups in total. The van der Waals surface area contributed by atoms with E-state index in [0.29, 0.717) is 0 Å². The summed E-state index contributed by atoms with van der Waals surface area (Å²) in [5.41, 5.74) is 0. The lowest BCUT2D eigenvalue weighted by Crippen LogP contribution is -2.13. The highest BCUT2D eigenvalue weighted by Gasteiger charge is 2.26. The zero-order valence-corrected chi connectivity index (χ0v) is 6.96. The van der Waals surface area contributed by atoms with E-state index in [4.69, 9.17) is 9.79 Å². The van der Waals surface area contributed by atoms with Gasteiger partial charge in [0.2, 0.25) is 0 Å². The topological polar surface area (TPSA) is 40.5 Å². The maximum atomic E-state index is 8.84. The van der Waals surface area contributed by atoms with Gasteiger partial charge in [0.05, 0.1) is 0 Å². The van der Waals surface area contributed by atoms with Gasteiger partial charge in [-0.3, -0.25) is 0 Å². The van der Waals surface area contributed by atoms with E-state index >= 15 is 0 Å². The van der Waals surface area contributed by atoms with E-state index in [0.717, 1.165) is 0 Å². The first kappa shape index (κ1) is 8.57. The minimum absolute atomic E-state index is 0.525. The first-order valence-electron chi connectivity index (χ1n) is 2.31. The monoisotopic (exact) mass is 154 g/mol. The van der Waals surface area contributed by atoms with Crippen molar-refractivity contribution in [2.24, 2.45) is 0 Å². The molecule has 0 saturated heterocycles. The van der Waals surface area contributed by atoms with Gasteiger partial charge in [-0.2, -0.15) is 0 Å². The Labute approximate surface area is 54.7 Å². The number of hydrogen-bond acceptors (Lipinski definition) is 1. The average Bonchev–Trinajstić information content (AvgIpc) is 1.25. The highest BCUT2D eigenvalue weighted by molar-refractivity contribution is 8.09. The summed E-state index contributed by atoms with van der Waals surface area (Å²) in [6.07, 6.45) is 0. The lowest BCUT2D eigenvalue weighted by atomic mass is 10.3. The molecule has 0 spiro atoms. The highest BCUT2D eigenvalue weighted by atomic mass is 32.5. The van der Waals surface area contributed by atoms with Crippen molar-refractivity contribution >= 4 is 18.3 Å². The SMILES string of the molecule is CC(C)(C)P(O)(O)=S. The molecule has 0 atom stereocenters. The van der Waals surface area contributed by atoms with E-state index in [1.807, 2.05) is 0 Å². The Bertz CT molecular complexity index is 120. The molecule has 50 valence electrons. The van der Waals surface area contributed by atoms with E-state index < -0.39 is 11.6 Å². The smallest absolute Gasteiger partial charge is 0.188 e. The number of hydrogen-bond donors (Lipinski definition) is 2. The van der Waals surface area contributed by atoms with Gasteiger partial charge in [0, 0.05) is 5.16 Å². The molecule has 0 rings (SSSR count). The molecule has 0 amide bonds. The summed E-state index contributed by atoms with van der Waals surface area (Å²) < 4.78 is 0. The van der Waals surface area contributed by atoms with E-state index in [1.54, 1.807) is 20.8 Å². The summed E-state index contributed by atoms with van der Waals surface area (Å²) in [7, 11) is 0. The molecule has 2 nitrogen and oxygen atoms in total. The molecular weight excluding hydrogens is 143 g/mol. The number of rotatable bonds is 0. The van der Waals surface area contributed by atoms with Crippen molar-refractivity contribution in [3.05, 3.63) is 0 Å². The Morgan fingerprint density at radius 1 is 1.25 bits per heavy atom. The Hall–Kier alpha value is 0.570. The lowest BCUT2D eigenvalue weighted by molar-refractivity contribution is 0.441. The van der Waals surface area contributed by atoms with Crippen molar-refractivity contribution in [2.75, 3.05) is 0 Å². The van der Waals surface area contributed by atoms with E-state index in [9.17, 15) is 0 Å². The molecule has 4 heteroatoms. The van der Waals surface area contributed by atoms with Gasteiger partial charge >= 0.3 is 0 Å². The van der Waals surface area contributed by atoms with Crippen LogP contribution in [0, 0.1) is 0 Å². The predicted molar refractivity (Wildman–Crippen MR) is 38.5 cm³/mol. The molecule has 0 heterocycles. The fourth-order valence-electron chi connectivity index (χ4n) is 0. The van der Waals surface area contributed by atoms with Crippen LogP contribution in [0.2, 0.25) is 0 Å². The normalized spacial score (nSPS) is 14.1. The van der Waals surface area contributed by atoms with Crippen LogP contribution >= 0.6 is 6.49 Å². The van der Waals surface area contributed by atoms with Crippen molar-refractivity contribution in [1.82, 2.24) is 0 Å². The van der Waals surface area contributed by atoms with Crippen LogP contribution in [0.5, 0.6) is 0 Å². The third-order valence-electron chi connectivity index (χ3n) is 0.874. The maximum Gasteiger partial charge on any atom is 0.188 e. The quantitative estimate of drug-likeness (QED) is 0.513. The average molecular weight is 154 g/mol. The van der Waals surface area contributed by atoms with E-state index in [-0.39, 0.29) is 0 Å². The third-order valence-corrected chi connectivity index (χ3v) is 4.26. The Balaban J connectivity index is 4.26. The zero-order valence-electron chi connectivity index (χ0n) is 5.25. The van der Waals surface area contributed by atoms with Crippen molar-refractivity contribution < 1.29 is 9.79 Å². The van der Waals surface area contributed by atoms with Gasteiger partial charge in [-0.25, -0.2) is 0 Å². The molecule has 0 aliphatic carbocycles. The molecule has 0 aromatic carbocycles. The standard InChI is InChI=1S/C4H11O2PS/c1-4(2,3)7(5,6)8/h1-3H3,(H2,5,6,8). The molecule has 0 aromatic heterocycles. The maximum absolute atomic E-state index is 8.84. The molecule has 0 bridgehead atoms. The summed E-state index contributed by atoms with van der Waals surface area (Å²) in [6.45, 7) is 2.13. The summed E-state index contributed by atoms with van der Waals surface area (Å²) >= 11 is 4.44. The fourth-order valence-corrected chi connectivity index (χ4v) is 0. The molecule has 0 fully saturated rings. The van der Waals surface area contributed by atoms with Crippen LogP contribution in [-0.2, 0) is 11.8 Å². The molecular formula is C4H11O2PS. The summed E-state index contributed by atoms with van der Waals surface area (Å²) in [5.74, 6) is 0. The Morgan fingerprint density at radius 2 is 1.38 bits per heavy atom. The minimum atomic E-state index is -3.02. The first-order chi connectivity index (χ1) is 3.25. The third kappa shape index (κ3) is 2.23. The van der Waals surface area contributed by atoms with Crippen molar-refractivity contribution in [1.29, 1.82) is 0 Å². The van der Waals surface area contributed by atoms with Crippen LogP contribution in [-0.4, -0.2) is 14.9 Å². The fraction of sp³-hybridized carbons (Fsp3) is 1.00. The van der Waals surface area contributed by atoms with Gasteiger partial charge in [0.25, 0.3) is 0 Å². The van der Waals surface area contributed by atoms with Gasteiger partial charge in [0.15, 0.2) is 6.49 Å². The molecule has 0 aliphatic rings. The van der Waals surface area contributed by atoms with Gasteiger partial charge < -0.3 is 9.79 Å². The molecule has 0 aromatic rings. The zero-order chi connectivity index (χ0) is 7.00. The summed E-state index contributed by atoms with van der Waals surface area (Å²) in [6, 6.07) is 0.